The number of hydrogen-bond donors (Lipinski definition) is 1. The van der Waals surface area contributed by atoms with E-state index in [2.05, 4.69) is 10.5 Å². The molecule has 3 heterocycles. The van der Waals surface area contributed by atoms with Gasteiger partial charge in [-0.15, -0.1) is 11.3 Å². The number of carbonyl (C=O) groups is 1. The van der Waals surface area contributed by atoms with Crippen molar-refractivity contribution in [2.24, 2.45) is 0 Å². The Hall–Kier alpha value is -1.75. The van der Waals surface area contributed by atoms with Crippen molar-refractivity contribution in [1.29, 1.82) is 0 Å². The fourth-order valence-electron chi connectivity index (χ4n) is 2.65. The molecule has 136 valence electrons. The van der Waals surface area contributed by atoms with Gasteiger partial charge in [-0.1, -0.05) is 5.16 Å². The van der Waals surface area contributed by atoms with Crippen LogP contribution in [0.15, 0.2) is 26.9 Å². The Morgan fingerprint density at radius 1 is 1.32 bits per heavy atom. The van der Waals surface area contributed by atoms with Gasteiger partial charge in [0, 0.05) is 24.5 Å². The first kappa shape index (κ1) is 18.1. The van der Waals surface area contributed by atoms with Crippen molar-refractivity contribution in [2.45, 2.75) is 37.9 Å². The van der Waals surface area contributed by atoms with Crippen LogP contribution in [0.2, 0.25) is 0 Å². The van der Waals surface area contributed by atoms with E-state index >= 15 is 0 Å². The van der Waals surface area contributed by atoms with Crippen LogP contribution in [0.4, 0.5) is 5.82 Å². The second-order valence-corrected chi connectivity index (χ2v) is 8.85. The Kier molecular flexibility index (Phi) is 4.96. The van der Waals surface area contributed by atoms with Gasteiger partial charge < -0.3 is 14.6 Å². The van der Waals surface area contributed by atoms with E-state index in [9.17, 15) is 13.2 Å². The van der Waals surface area contributed by atoms with E-state index in [4.69, 9.17) is 9.26 Å². The number of amides is 1. The second kappa shape index (κ2) is 6.87. The number of morpholine rings is 1. The lowest BCUT2D eigenvalue weighted by Gasteiger charge is -2.34. The summed E-state index contributed by atoms with van der Waals surface area (Å²) in [4.78, 5) is 12.6. The van der Waals surface area contributed by atoms with Crippen LogP contribution in [-0.2, 0) is 14.8 Å². The van der Waals surface area contributed by atoms with Crippen LogP contribution in [0.3, 0.4) is 0 Å². The van der Waals surface area contributed by atoms with Crippen molar-refractivity contribution in [3.8, 4) is 0 Å². The molecule has 1 aliphatic rings. The number of sulfonamides is 1. The summed E-state index contributed by atoms with van der Waals surface area (Å²) in [5.74, 6) is 0.430. The number of rotatable bonds is 4. The number of nitrogens with one attached hydrogen (secondary N) is 1. The van der Waals surface area contributed by atoms with Crippen LogP contribution in [0.25, 0.3) is 0 Å². The van der Waals surface area contributed by atoms with Gasteiger partial charge >= 0.3 is 0 Å². The lowest BCUT2D eigenvalue weighted by Crippen LogP contribution is -2.47. The Balaban J connectivity index is 1.76. The second-order valence-electron chi connectivity index (χ2n) is 6.00. The van der Waals surface area contributed by atoms with Crippen LogP contribution >= 0.6 is 11.3 Å². The van der Waals surface area contributed by atoms with Crippen molar-refractivity contribution in [3.05, 3.63) is 28.2 Å². The molecule has 0 spiro atoms. The maximum Gasteiger partial charge on any atom is 0.267 e. The van der Waals surface area contributed by atoms with Gasteiger partial charge in [0.15, 0.2) is 5.82 Å². The summed E-state index contributed by atoms with van der Waals surface area (Å²) >= 11 is 1.07. The van der Waals surface area contributed by atoms with Crippen LogP contribution in [0, 0.1) is 6.92 Å². The first-order chi connectivity index (χ1) is 11.8. The van der Waals surface area contributed by atoms with Crippen molar-refractivity contribution in [3.63, 3.8) is 0 Å². The Bertz CT molecular complexity index is 863. The Labute approximate surface area is 149 Å². The van der Waals surface area contributed by atoms with Gasteiger partial charge in [0.1, 0.15) is 5.76 Å². The molecule has 1 aliphatic heterocycles. The highest BCUT2D eigenvalue weighted by Gasteiger charge is 2.33. The van der Waals surface area contributed by atoms with Gasteiger partial charge in [0.25, 0.3) is 5.91 Å². The third-order valence-electron chi connectivity index (χ3n) is 3.69. The number of aryl methyl sites for hydroxylation is 1. The zero-order valence-electron chi connectivity index (χ0n) is 14.1. The summed E-state index contributed by atoms with van der Waals surface area (Å²) in [5, 5.41) is 7.74. The first-order valence-corrected chi connectivity index (χ1v) is 10.1. The summed E-state index contributed by atoms with van der Waals surface area (Å²) < 4.78 is 37.4. The third-order valence-corrected chi connectivity index (χ3v) is 6.58. The summed E-state index contributed by atoms with van der Waals surface area (Å²) in [6.07, 6.45) is -0.342. The van der Waals surface area contributed by atoms with E-state index in [-0.39, 0.29) is 27.8 Å². The molecule has 0 aromatic carbocycles. The molecule has 1 N–H and O–H groups in total. The Morgan fingerprint density at radius 2 is 2.00 bits per heavy atom. The molecule has 25 heavy (non-hydrogen) atoms. The number of aromatic nitrogens is 1. The molecule has 8 nitrogen and oxygen atoms in total. The summed E-state index contributed by atoms with van der Waals surface area (Å²) in [5.41, 5.74) is 0. The molecule has 1 saturated heterocycles. The molecule has 0 aliphatic carbocycles. The topological polar surface area (TPSA) is 102 Å². The zero-order valence-corrected chi connectivity index (χ0v) is 15.7. The molecule has 0 unspecified atom stereocenters. The van der Waals surface area contributed by atoms with Crippen molar-refractivity contribution >= 4 is 33.1 Å². The molecule has 10 heteroatoms. The van der Waals surface area contributed by atoms with Crippen LogP contribution < -0.4 is 5.32 Å². The maximum absolute atomic E-state index is 12.8. The highest BCUT2D eigenvalue weighted by molar-refractivity contribution is 7.89. The van der Waals surface area contributed by atoms with Crippen LogP contribution in [0.1, 0.15) is 29.3 Å². The van der Waals surface area contributed by atoms with Gasteiger partial charge in [-0.25, -0.2) is 8.42 Å². The lowest BCUT2D eigenvalue weighted by molar-refractivity contribution is -0.0440. The Morgan fingerprint density at radius 3 is 2.60 bits per heavy atom. The molecule has 3 rings (SSSR count). The van der Waals surface area contributed by atoms with Crippen molar-refractivity contribution < 1.29 is 22.5 Å². The average Bonchev–Trinajstić information content (AvgIpc) is 3.16. The normalized spacial score (nSPS) is 22.0. The molecule has 0 bridgehead atoms. The average molecular weight is 385 g/mol. The van der Waals surface area contributed by atoms with Gasteiger partial charge in [-0.05, 0) is 26.8 Å². The van der Waals surface area contributed by atoms with E-state index in [0.717, 1.165) is 11.3 Å². The van der Waals surface area contributed by atoms with Gasteiger partial charge in [0.05, 0.1) is 22.0 Å². The molecular formula is C15H19N3O5S2. The zero-order chi connectivity index (χ0) is 18.2. The maximum atomic E-state index is 12.8. The number of carbonyl (C=O) groups excluding carboxylic acids is 1. The molecule has 2 atom stereocenters. The molecule has 0 radical (unpaired) electrons. The quantitative estimate of drug-likeness (QED) is 0.865. The van der Waals surface area contributed by atoms with Gasteiger partial charge in [-0.2, -0.15) is 4.31 Å². The smallest absolute Gasteiger partial charge is 0.267 e. The van der Waals surface area contributed by atoms with Crippen LogP contribution in [0.5, 0.6) is 0 Å². The monoisotopic (exact) mass is 385 g/mol. The van der Waals surface area contributed by atoms with E-state index in [1.54, 1.807) is 13.0 Å². The number of hydrogen-bond acceptors (Lipinski definition) is 7. The van der Waals surface area contributed by atoms with Crippen molar-refractivity contribution in [2.75, 3.05) is 18.4 Å². The predicted octanol–water partition coefficient (Wildman–Crippen LogP) is 2.09. The summed E-state index contributed by atoms with van der Waals surface area (Å²) in [6.45, 7) is 5.97. The minimum atomic E-state index is -3.66. The molecule has 0 saturated carbocycles. The minimum absolute atomic E-state index is 0.111. The number of thiophene rings is 1. The summed E-state index contributed by atoms with van der Waals surface area (Å²) in [7, 11) is -3.66. The van der Waals surface area contributed by atoms with Gasteiger partial charge in [-0.3, -0.25) is 4.79 Å². The molecule has 2 aromatic heterocycles. The third kappa shape index (κ3) is 3.92. The number of nitrogens with zero attached hydrogens (tertiary/aromatic N) is 2. The first-order valence-electron chi connectivity index (χ1n) is 7.74. The molecule has 1 fully saturated rings. The number of anilines is 1. The fourth-order valence-corrected chi connectivity index (χ4v) is 5.40. The minimum Gasteiger partial charge on any atom is -0.373 e. The van der Waals surface area contributed by atoms with E-state index in [1.165, 1.54) is 15.8 Å². The SMILES string of the molecule is Cc1cc(NC(=O)c2cc(S(=O)(=O)N3C[C@@H](C)O[C@H](C)C3)cs2)no1. The van der Waals surface area contributed by atoms with E-state index in [1.807, 2.05) is 13.8 Å². The highest BCUT2D eigenvalue weighted by atomic mass is 32.2. The van der Waals surface area contributed by atoms with Crippen molar-refractivity contribution in [1.82, 2.24) is 9.46 Å². The standard InChI is InChI=1S/C15H19N3O5S2/c1-9-4-14(17-23-9)16-15(19)13-5-12(8-24-13)25(20,21)18-6-10(2)22-11(3)7-18/h4-5,8,10-11H,6-7H2,1-3H3,(H,16,17,19)/t10-,11-/m1/s1. The molecular weight excluding hydrogens is 366 g/mol. The van der Waals surface area contributed by atoms with Gasteiger partial charge in [0.2, 0.25) is 10.0 Å². The predicted molar refractivity (Wildman–Crippen MR) is 92.3 cm³/mol. The molecule has 2 aromatic rings. The molecule has 1 amide bonds. The largest absolute Gasteiger partial charge is 0.373 e. The fraction of sp³-hybridized carbons (Fsp3) is 0.467. The number of ether oxygens (including phenoxy) is 1. The van der Waals surface area contributed by atoms with E-state index in [0.29, 0.717) is 18.8 Å². The summed E-state index contributed by atoms with van der Waals surface area (Å²) in [6, 6.07) is 2.97. The highest BCUT2D eigenvalue weighted by Crippen LogP contribution is 2.26. The van der Waals surface area contributed by atoms with E-state index < -0.39 is 15.9 Å². The van der Waals surface area contributed by atoms with Crippen LogP contribution in [-0.4, -0.2) is 49.1 Å². The lowest BCUT2D eigenvalue weighted by atomic mass is 10.3.